The second-order valence-electron chi connectivity index (χ2n) is 4.62. The third-order valence-corrected chi connectivity index (χ3v) is 3.24. The van der Waals surface area contributed by atoms with Gasteiger partial charge in [0.1, 0.15) is 18.0 Å². The molecule has 22 heavy (non-hydrogen) atoms. The van der Waals surface area contributed by atoms with Crippen LogP contribution in [0.25, 0.3) is 0 Å². The highest BCUT2D eigenvalue weighted by atomic mass is 35.5. The Bertz CT molecular complexity index is 541. The molecule has 0 aliphatic heterocycles. The molecule has 0 aromatic heterocycles. The third kappa shape index (κ3) is 5.69. The van der Waals surface area contributed by atoms with Crippen molar-refractivity contribution < 1.29 is 23.9 Å². The lowest BCUT2D eigenvalue weighted by atomic mass is 10.1. The molecule has 0 aliphatic rings. The minimum Gasteiger partial charge on any atom is -0.462 e. The monoisotopic (exact) mass is 324 g/mol. The van der Waals surface area contributed by atoms with Crippen LogP contribution >= 0.6 is 11.6 Å². The molecule has 0 saturated carbocycles. The van der Waals surface area contributed by atoms with Crippen LogP contribution in [0, 0.1) is 5.92 Å². The lowest BCUT2D eigenvalue weighted by Gasteiger charge is -2.15. The maximum absolute atomic E-state index is 11.9. The Morgan fingerprint density at radius 2 is 1.95 bits per heavy atom. The first kappa shape index (κ1) is 17.9. The first-order chi connectivity index (χ1) is 10.5. The van der Waals surface area contributed by atoms with Crippen molar-refractivity contribution >= 4 is 29.8 Å². The third-order valence-electron chi connectivity index (χ3n) is 2.75. The van der Waals surface area contributed by atoms with E-state index in [0.717, 1.165) is 0 Å². The SMILES string of the molecule is C=C(C)C(=O)OCCC(Cl)C(C=O)C(=O)Oc1ccccc1. The number of hydrogen-bond donors (Lipinski definition) is 0. The van der Waals surface area contributed by atoms with Gasteiger partial charge >= 0.3 is 11.9 Å². The zero-order valence-corrected chi connectivity index (χ0v) is 12.9. The van der Waals surface area contributed by atoms with E-state index >= 15 is 0 Å². The Kier molecular flexibility index (Phi) is 7.32. The first-order valence-corrected chi connectivity index (χ1v) is 7.08. The van der Waals surface area contributed by atoms with Gasteiger partial charge in [0, 0.05) is 5.57 Å². The van der Waals surface area contributed by atoms with Crippen molar-refractivity contribution in [2.24, 2.45) is 5.92 Å². The van der Waals surface area contributed by atoms with E-state index in [9.17, 15) is 14.4 Å². The lowest BCUT2D eigenvalue weighted by molar-refractivity contribution is -0.141. The molecule has 0 N–H and O–H groups in total. The van der Waals surface area contributed by atoms with Crippen LogP contribution in [0.4, 0.5) is 0 Å². The topological polar surface area (TPSA) is 69.7 Å². The Hall–Kier alpha value is -2.14. The second kappa shape index (κ2) is 9.00. The van der Waals surface area contributed by atoms with Crippen molar-refractivity contribution in [2.75, 3.05) is 6.61 Å². The molecule has 0 amide bonds. The van der Waals surface area contributed by atoms with E-state index in [-0.39, 0.29) is 18.6 Å². The molecule has 0 fully saturated rings. The van der Waals surface area contributed by atoms with Crippen molar-refractivity contribution in [3.63, 3.8) is 0 Å². The van der Waals surface area contributed by atoms with Crippen molar-refractivity contribution in [3.8, 4) is 5.75 Å². The van der Waals surface area contributed by atoms with Crippen LogP contribution in [0.5, 0.6) is 5.75 Å². The minimum atomic E-state index is -1.13. The predicted molar refractivity (Wildman–Crippen MR) is 81.7 cm³/mol. The molecule has 118 valence electrons. The molecule has 2 unspecified atom stereocenters. The highest BCUT2D eigenvalue weighted by molar-refractivity contribution is 6.23. The smallest absolute Gasteiger partial charge is 0.333 e. The number of carbonyl (C=O) groups is 3. The summed E-state index contributed by atoms with van der Waals surface area (Å²) in [6.45, 7) is 4.95. The Balaban J connectivity index is 2.51. The summed E-state index contributed by atoms with van der Waals surface area (Å²) in [5.41, 5.74) is 0.265. The summed E-state index contributed by atoms with van der Waals surface area (Å²) in [6.07, 6.45) is 0.581. The number of para-hydroxylation sites is 1. The number of aldehydes is 1. The maximum atomic E-state index is 11.9. The highest BCUT2D eigenvalue weighted by Gasteiger charge is 2.28. The van der Waals surface area contributed by atoms with Gasteiger partial charge in [-0.25, -0.2) is 4.79 Å². The number of hydrogen-bond acceptors (Lipinski definition) is 5. The largest absolute Gasteiger partial charge is 0.462 e. The van der Waals surface area contributed by atoms with Crippen molar-refractivity contribution in [1.29, 1.82) is 0 Å². The van der Waals surface area contributed by atoms with Crippen LogP contribution in [0.1, 0.15) is 13.3 Å². The average molecular weight is 325 g/mol. The number of alkyl halides is 1. The molecule has 0 bridgehead atoms. The lowest BCUT2D eigenvalue weighted by Crippen LogP contribution is -2.30. The fourth-order valence-corrected chi connectivity index (χ4v) is 1.78. The van der Waals surface area contributed by atoms with Gasteiger partial charge in [0.25, 0.3) is 0 Å². The summed E-state index contributed by atoms with van der Waals surface area (Å²) >= 11 is 6.03. The van der Waals surface area contributed by atoms with Gasteiger partial charge in [-0.05, 0) is 25.5 Å². The highest BCUT2D eigenvalue weighted by Crippen LogP contribution is 2.18. The van der Waals surface area contributed by atoms with Crippen LogP contribution in [0.3, 0.4) is 0 Å². The van der Waals surface area contributed by atoms with Gasteiger partial charge in [-0.2, -0.15) is 0 Å². The number of halogens is 1. The van der Waals surface area contributed by atoms with E-state index in [1.807, 2.05) is 0 Å². The molecule has 6 heteroatoms. The molecular formula is C16H17ClO5. The molecule has 1 aromatic rings. The van der Waals surface area contributed by atoms with Crippen LogP contribution in [-0.4, -0.2) is 30.2 Å². The predicted octanol–water partition coefficient (Wildman–Crippen LogP) is 2.52. The molecule has 5 nitrogen and oxygen atoms in total. The number of ether oxygens (including phenoxy) is 2. The van der Waals surface area contributed by atoms with E-state index in [1.165, 1.54) is 6.92 Å². The molecule has 0 radical (unpaired) electrons. The quantitative estimate of drug-likeness (QED) is 0.183. The van der Waals surface area contributed by atoms with Crippen molar-refractivity contribution in [2.45, 2.75) is 18.7 Å². The van der Waals surface area contributed by atoms with Crippen LogP contribution in [0.2, 0.25) is 0 Å². The van der Waals surface area contributed by atoms with Crippen LogP contribution in [-0.2, 0) is 19.1 Å². The van der Waals surface area contributed by atoms with Gasteiger partial charge < -0.3 is 14.3 Å². The molecule has 2 atom stereocenters. The number of esters is 2. The normalized spacial score (nSPS) is 12.8. The average Bonchev–Trinajstić information content (AvgIpc) is 2.48. The van der Waals surface area contributed by atoms with E-state index in [2.05, 4.69) is 6.58 Å². The molecule has 1 aromatic carbocycles. The Morgan fingerprint density at radius 3 is 2.50 bits per heavy atom. The fourth-order valence-electron chi connectivity index (χ4n) is 1.53. The van der Waals surface area contributed by atoms with Crippen molar-refractivity contribution in [1.82, 2.24) is 0 Å². The number of carbonyl (C=O) groups excluding carboxylic acids is 3. The molecule has 1 rings (SSSR count). The van der Waals surface area contributed by atoms with Gasteiger partial charge in [-0.3, -0.25) is 4.79 Å². The molecule has 0 spiro atoms. The van der Waals surface area contributed by atoms with Gasteiger partial charge in [0.2, 0.25) is 0 Å². The summed E-state index contributed by atoms with van der Waals surface area (Å²) in [5.74, 6) is -2.09. The van der Waals surface area contributed by atoms with Crippen LogP contribution in [0.15, 0.2) is 42.5 Å². The van der Waals surface area contributed by atoms with E-state index in [1.54, 1.807) is 30.3 Å². The zero-order valence-electron chi connectivity index (χ0n) is 12.2. The summed E-state index contributed by atoms with van der Waals surface area (Å²) in [5, 5.41) is -0.827. The maximum Gasteiger partial charge on any atom is 0.333 e. The summed E-state index contributed by atoms with van der Waals surface area (Å²) in [7, 11) is 0. The number of benzene rings is 1. The van der Waals surface area contributed by atoms with Gasteiger partial charge in [-0.1, -0.05) is 24.8 Å². The number of rotatable bonds is 8. The summed E-state index contributed by atoms with van der Waals surface area (Å²) in [4.78, 5) is 34.2. The fraction of sp³-hybridized carbons (Fsp3) is 0.312. The van der Waals surface area contributed by atoms with E-state index < -0.39 is 23.2 Å². The molecule has 0 aliphatic carbocycles. The van der Waals surface area contributed by atoms with Gasteiger partial charge in [0.15, 0.2) is 0 Å². The second-order valence-corrected chi connectivity index (χ2v) is 5.18. The summed E-state index contributed by atoms with van der Waals surface area (Å²) < 4.78 is 9.95. The standard InChI is InChI=1S/C16H17ClO5/c1-11(2)15(19)21-9-8-14(17)13(10-18)16(20)22-12-6-4-3-5-7-12/h3-7,10,13-14H,1,8-9H2,2H3. The summed E-state index contributed by atoms with van der Waals surface area (Å²) in [6, 6.07) is 8.37. The molecular weight excluding hydrogens is 308 g/mol. The van der Waals surface area contributed by atoms with Gasteiger partial charge in [0.05, 0.1) is 12.0 Å². The molecule has 0 saturated heterocycles. The minimum absolute atomic E-state index is 0.0111. The van der Waals surface area contributed by atoms with Crippen LogP contribution < -0.4 is 4.74 Å². The van der Waals surface area contributed by atoms with Gasteiger partial charge in [-0.15, -0.1) is 11.6 Å². The Morgan fingerprint density at radius 1 is 1.32 bits per heavy atom. The zero-order chi connectivity index (χ0) is 16.5. The van der Waals surface area contributed by atoms with Crippen molar-refractivity contribution in [3.05, 3.63) is 42.5 Å². The Labute approximate surface area is 133 Å². The van der Waals surface area contributed by atoms with E-state index in [0.29, 0.717) is 12.0 Å². The van der Waals surface area contributed by atoms with E-state index in [4.69, 9.17) is 21.1 Å². The molecule has 0 heterocycles. The first-order valence-electron chi connectivity index (χ1n) is 6.64.